The highest BCUT2D eigenvalue weighted by Crippen LogP contribution is 2.42. The highest BCUT2D eigenvalue weighted by atomic mass is 15.1. The zero-order valence-corrected chi connectivity index (χ0v) is 32.7. The van der Waals surface area contributed by atoms with Crippen LogP contribution in [0.4, 0.5) is 17.1 Å². The van der Waals surface area contributed by atoms with Crippen molar-refractivity contribution in [3.63, 3.8) is 0 Å². The van der Waals surface area contributed by atoms with Crippen LogP contribution < -0.4 is 4.90 Å². The minimum absolute atomic E-state index is 0.117. The average molecular weight is 769 g/mol. The lowest BCUT2D eigenvalue weighted by atomic mass is 9.98. The van der Waals surface area contributed by atoms with Crippen molar-refractivity contribution in [3.8, 4) is 50.2 Å². The van der Waals surface area contributed by atoms with E-state index in [1.54, 1.807) is 29.2 Å². The van der Waals surface area contributed by atoms with Gasteiger partial charge in [-0.15, -0.1) is 0 Å². The third-order valence-corrected chi connectivity index (χ3v) is 11.4. The smallest absolute Gasteiger partial charge is 0.0645 e. The largest absolute Gasteiger partial charge is 0.310 e. The maximum atomic E-state index is 9.59. The van der Waals surface area contributed by atoms with Crippen LogP contribution in [0.1, 0.15) is 5.48 Å². The van der Waals surface area contributed by atoms with Crippen LogP contribution in [0.5, 0.6) is 0 Å². The minimum Gasteiger partial charge on any atom is -0.310 e. The standard InChI is InChI=1S/C58H40N2/c1-3-13-41(14-4-1)44-25-27-45(28-26-44)47-31-36-51(37-32-47)59(50-34-29-46(30-35-50)42-15-5-2-6-16-42)52-20-11-19-49(40-52)54-22-12-24-57-58(54)55-21-9-10-23-56(55)60(57)53-38-33-43-17-7-8-18-48(43)39-53/h1-40H/i34D,35D,36D,37D. The highest BCUT2D eigenvalue weighted by Gasteiger charge is 2.19. The Morgan fingerprint density at radius 3 is 1.48 bits per heavy atom. The Hall–Kier alpha value is -7.94. The molecule has 0 saturated heterocycles. The van der Waals surface area contributed by atoms with Gasteiger partial charge in [-0.05, 0) is 116 Å². The molecule has 0 spiro atoms. The molecule has 0 bridgehead atoms. The third-order valence-electron chi connectivity index (χ3n) is 11.4. The second kappa shape index (κ2) is 15.1. The van der Waals surface area contributed by atoms with Gasteiger partial charge >= 0.3 is 0 Å². The summed E-state index contributed by atoms with van der Waals surface area (Å²) in [6.07, 6.45) is 0. The van der Waals surface area contributed by atoms with E-state index in [1.807, 2.05) is 72.8 Å². The van der Waals surface area contributed by atoms with Crippen molar-refractivity contribution in [3.05, 3.63) is 243 Å². The van der Waals surface area contributed by atoms with Crippen molar-refractivity contribution >= 4 is 49.6 Å². The van der Waals surface area contributed by atoms with Crippen LogP contribution in [0.3, 0.4) is 0 Å². The molecule has 2 heteroatoms. The number of anilines is 3. The summed E-state index contributed by atoms with van der Waals surface area (Å²) in [7, 11) is 0. The molecule has 1 aromatic heterocycles. The Morgan fingerprint density at radius 2 is 0.833 bits per heavy atom. The normalized spacial score (nSPS) is 12.3. The van der Waals surface area contributed by atoms with Gasteiger partial charge in [0.1, 0.15) is 0 Å². The molecule has 0 aliphatic heterocycles. The number of hydrogen-bond donors (Lipinski definition) is 0. The van der Waals surface area contributed by atoms with Crippen LogP contribution in [0.25, 0.3) is 82.8 Å². The Bertz CT molecular complexity index is 3500. The molecule has 0 N–H and O–H groups in total. The minimum atomic E-state index is 0.117. The fraction of sp³-hybridized carbons (Fsp3) is 0. The van der Waals surface area contributed by atoms with E-state index in [2.05, 4.69) is 126 Å². The summed E-state index contributed by atoms with van der Waals surface area (Å²) < 4.78 is 40.5. The molecule has 60 heavy (non-hydrogen) atoms. The fourth-order valence-electron chi connectivity index (χ4n) is 8.50. The first-order chi connectivity index (χ1) is 31.4. The molecule has 1 heterocycles. The SMILES string of the molecule is [2H]c1cc(-c2ccccc2)cc([2H])c1N(c1cccc(-c2cccc3c2c2ccccc2n3-c2ccc3ccccc3c2)c1)c1c([2H])cc(-c2ccc(-c3ccccc3)cc2)cc1[2H]. The summed E-state index contributed by atoms with van der Waals surface area (Å²) in [5.41, 5.74) is 12.0. The summed E-state index contributed by atoms with van der Waals surface area (Å²) in [6.45, 7) is 0. The summed E-state index contributed by atoms with van der Waals surface area (Å²) in [4.78, 5) is 1.77. The van der Waals surface area contributed by atoms with Crippen LogP contribution in [-0.2, 0) is 0 Å². The third kappa shape index (κ3) is 6.41. The molecule has 0 radical (unpaired) electrons. The molecular formula is C58H40N2. The van der Waals surface area contributed by atoms with Gasteiger partial charge in [0, 0.05) is 33.5 Å². The van der Waals surface area contributed by atoms with Gasteiger partial charge in [0.25, 0.3) is 0 Å². The van der Waals surface area contributed by atoms with E-state index in [0.29, 0.717) is 17.1 Å². The number of rotatable bonds is 8. The van der Waals surface area contributed by atoms with E-state index in [-0.39, 0.29) is 24.2 Å². The first kappa shape index (κ1) is 31.1. The number of fused-ring (bicyclic) bond motifs is 4. The Kier molecular flexibility index (Phi) is 7.83. The number of hydrogen-bond acceptors (Lipinski definition) is 1. The van der Waals surface area contributed by atoms with Crippen LogP contribution >= 0.6 is 0 Å². The van der Waals surface area contributed by atoms with E-state index in [9.17, 15) is 5.48 Å². The summed E-state index contributed by atoms with van der Waals surface area (Å²) in [5.74, 6) is 0. The molecule has 11 rings (SSSR count). The maximum absolute atomic E-state index is 9.59. The molecule has 0 unspecified atom stereocenters. The lowest BCUT2D eigenvalue weighted by Gasteiger charge is -2.26. The lowest BCUT2D eigenvalue weighted by molar-refractivity contribution is 1.19. The van der Waals surface area contributed by atoms with E-state index >= 15 is 0 Å². The van der Waals surface area contributed by atoms with Gasteiger partial charge < -0.3 is 9.47 Å². The molecule has 0 aliphatic carbocycles. The molecule has 0 fully saturated rings. The molecule has 10 aromatic carbocycles. The van der Waals surface area contributed by atoms with Gasteiger partial charge in [0.2, 0.25) is 0 Å². The van der Waals surface area contributed by atoms with Crippen LogP contribution in [-0.4, -0.2) is 4.57 Å². The predicted molar refractivity (Wildman–Crippen MR) is 255 cm³/mol. The molecule has 0 atom stereocenters. The Balaban J connectivity index is 1.08. The molecule has 282 valence electrons. The van der Waals surface area contributed by atoms with Gasteiger partial charge in [-0.2, -0.15) is 0 Å². The van der Waals surface area contributed by atoms with E-state index in [0.717, 1.165) is 72.0 Å². The van der Waals surface area contributed by atoms with Gasteiger partial charge in [0.15, 0.2) is 0 Å². The molecule has 11 aromatic rings. The monoisotopic (exact) mass is 768 g/mol. The topological polar surface area (TPSA) is 8.17 Å². The predicted octanol–water partition coefficient (Wildman–Crippen LogP) is 16.1. The zero-order valence-electron chi connectivity index (χ0n) is 36.7. The number of benzene rings is 10. The summed E-state index contributed by atoms with van der Waals surface area (Å²) in [6, 6.07) is 73.8. The Labute approximate surface area is 356 Å². The van der Waals surface area contributed by atoms with Gasteiger partial charge in [0.05, 0.1) is 16.5 Å². The first-order valence-corrected chi connectivity index (χ1v) is 20.3. The molecule has 0 amide bonds. The number of aromatic nitrogens is 1. The van der Waals surface area contributed by atoms with Gasteiger partial charge in [-0.25, -0.2) is 0 Å². The average Bonchev–Trinajstić information content (AvgIpc) is 3.68. The molecule has 0 aliphatic rings. The van der Waals surface area contributed by atoms with E-state index < -0.39 is 0 Å². The van der Waals surface area contributed by atoms with Crippen LogP contribution in [0.2, 0.25) is 0 Å². The summed E-state index contributed by atoms with van der Waals surface area (Å²) >= 11 is 0. The molecule has 0 saturated carbocycles. The second-order valence-corrected chi connectivity index (χ2v) is 15.0. The quantitative estimate of drug-likeness (QED) is 0.149. The number of para-hydroxylation sites is 1. The lowest BCUT2D eigenvalue weighted by Crippen LogP contribution is -2.10. The van der Waals surface area contributed by atoms with Crippen molar-refractivity contribution in [2.24, 2.45) is 0 Å². The van der Waals surface area contributed by atoms with E-state index in [4.69, 9.17) is 0 Å². The van der Waals surface area contributed by atoms with Crippen LogP contribution in [0, 0.1) is 0 Å². The highest BCUT2D eigenvalue weighted by molar-refractivity contribution is 6.16. The van der Waals surface area contributed by atoms with Crippen molar-refractivity contribution in [2.75, 3.05) is 4.90 Å². The van der Waals surface area contributed by atoms with E-state index in [1.165, 1.54) is 10.8 Å². The molecule has 2 nitrogen and oxygen atoms in total. The number of nitrogens with zero attached hydrogens (tertiary/aromatic N) is 2. The maximum Gasteiger partial charge on any atom is 0.0645 e. The first-order valence-electron chi connectivity index (χ1n) is 22.3. The molecular weight excluding hydrogens is 725 g/mol. The second-order valence-electron chi connectivity index (χ2n) is 15.0. The van der Waals surface area contributed by atoms with Crippen LogP contribution in [0.15, 0.2) is 243 Å². The fourth-order valence-corrected chi connectivity index (χ4v) is 8.50. The van der Waals surface area contributed by atoms with Gasteiger partial charge in [-0.3, -0.25) is 0 Å². The van der Waals surface area contributed by atoms with Gasteiger partial charge in [-0.1, -0.05) is 182 Å². The Morgan fingerprint density at radius 1 is 0.333 bits per heavy atom. The van der Waals surface area contributed by atoms with Crippen molar-refractivity contribution in [2.45, 2.75) is 0 Å². The van der Waals surface area contributed by atoms with Crippen molar-refractivity contribution in [1.82, 2.24) is 4.57 Å². The summed E-state index contributed by atoms with van der Waals surface area (Å²) in [5, 5.41) is 4.59. The zero-order chi connectivity index (χ0) is 43.3. The van der Waals surface area contributed by atoms with Crippen molar-refractivity contribution in [1.29, 1.82) is 0 Å². The van der Waals surface area contributed by atoms with Crippen molar-refractivity contribution < 1.29 is 5.48 Å².